The molecular formula is C30H30N2O5S. The average Bonchev–Trinajstić information content (AvgIpc) is 3.16. The van der Waals surface area contributed by atoms with Gasteiger partial charge in [-0.1, -0.05) is 68.4 Å². The Kier molecular flexibility index (Phi) is 8.86. The number of para-hydroxylation sites is 1. The standard InChI is InChI=1S/C30H30N2O5S/c1-4-36-26-16-22(17-27-29(34)32(30(35)38-27)18-21-10-6-5-7-11-21)14-15-25(26)37-19-28(33)31-24-13-9-8-12-23(24)20(2)3/h5-17,20H,4,18-19H2,1-3H3,(H,31,33)/b27-17-. The second-order valence-electron chi connectivity index (χ2n) is 8.97. The van der Waals surface area contributed by atoms with E-state index in [9.17, 15) is 14.4 Å². The zero-order valence-electron chi connectivity index (χ0n) is 21.6. The number of thioether (sulfide) groups is 1. The second-order valence-corrected chi connectivity index (χ2v) is 9.96. The molecule has 0 unspecified atom stereocenters. The van der Waals surface area contributed by atoms with Crippen molar-refractivity contribution in [1.82, 2.24) is 4.90 Å². The lowest BCUT2D eigenvalue weighted by molar-refractivity contribution is -0.123. The summed E-state index contributed by atoms with van der Waals surface area (Å²) in [5, 5.41) is 2.61. The highest BCUT2D eigenvalue weighted by molar-refractivity contribution is 8.18. The van der Waals surface area contributed by atoms with Crippen molar-refractivity contribution in [3.63, 3.8) is 0 Å². The maximum absolute atomic E-state index is 12.9. The van der Waals surface area contributed by atoms with E-state index < -0.39 is 0 Å². The number of rotatable bonds is 10. The van der Waals surface area contributed by atoms with Crippen LogP contribution in [0.25, 0.3) is 6.08 Å². The lowest BCUT2D eigenvalue weighted by Crippen LogP contribution is -2.27. The fraction of sp³-hybridized carbons (Fsp3) is 0.233. The molecule has 0 radical (unpaired) electrons. The molecular weight excluding hydrogens is 500 g/mol. The third-order valence-electron chi connectivity index (χ3n) is 5.84. The molecule has 0 spiro atoms. The van der Waals surface area contributed by atoms with Crippen LogP contribution in [0.15, 0.2) is 77.7 Å². The number of anilines is 1. The Hall–Kier alpha value is -4.04. The van der Waals surface area contributed by atoms with Gasteiger partial charge in [0.1, 0.15) is 0 Å². The number of benzene rings is 3. The number of carbonyl (C=O) groups is 3. The molecule has 3 aromatic carbocycles. The van der Waals surface area contributed by atoms with Crippen LogP contribution < -0.4 is 14.8 Å². The SMILES string of the molecule is CCOc1cc(/C=C2\SC(=O)N(Cc3ccccc3)C2=O)ccc1OCC(=O)Nc1ccccc1C(C)C. The zero-order valence-corrected chi connectivity index (χ0v) is 22.4. The summed E-state index contributed by atoms with van der Waals surface area (Å²) in [6.45, 7) is 6.41. The van der Waals surface area contributed by atoms with Crippen LogP contribution in [0.3, 0.4) is 0 Å². The van der Waals surface area contributed by atoms with Crippen LogP contribution in [0.5, 0.6) is 11.5 Å². The van der Waals surface area contributed by atoms with E-state index in [1.165, 1.54) is 4.90 Å². The molecule has 8 heteroatoms. The predicted molar refractivity (Wildman–Crippen MR) is 150 cm³/mol. The summed E-state index contributed by atoms with van der Waals surface area (Å²) in [6.07, 6.45) is 1.66. The van der Waals surface area contributed by atoms with Gasteiger partial charge in [-0.3, -0.25) is 19.3 Å². The van der Waals surface area contributed by atoms with Crippen molar-refractivity contribution in [2.45, 2.75) is 33.2 Å². The minimum atomic E-state index is -0.333. The lowest BCUT2D eigenvalue weighted by Gasteiger charge is -2.15. The molecule has 3 aromatic rings. The Bertz CT molecular complexity index is 1350. The molecule has 4 rings (SSSR count). The minimum absolute atomic E-state index is 0.190. The van der Waals surface area contributed by atoms with Gasteiger partial charge >= 0.3 is 0 Å². The van der Waals surface area contributed by atoms with E-state index in [1.54, 1.807) is 24.3 Å². The van der Waals surface area contributed by atoms with Crippen LogP contribution in [0.1, 0.15) is 43.4 Å². The molecule has 0 aromatic heterocycles. The highest BCUT2D eigenvalue weighted by atomic mass is 32.2. The quantitative estimate of drug-likeness (QED) is 0.303. The van der Waals surface area contributed by atoms with Crippen LogP contribution in [-0.2, 0) is 16.1 Å². The molecule has 1 aliphatic heterocycles. The van der Waals surface area contributed by atoms with Crippen LogP contribution >= 0.6 is 11.8 Å². The van der Waals surface area contributed by atoms with Crippen molar-refractivity contribution in [1.29, 1.82) is 0 Å². The summed E-state index contributed by atoms with van der Waals surface area (Å²) in [5.41, 5.74) is 3.38. The first-order valence-electron chi connectivity index (χ1n) is 12.4. The summed E-state index contributed by atoms with van der Waals surface area (Å²) >= 11 is 0.911. The van der Waals surface area contributed by atoms with Crippen molar-refractivity contribution in [2.24, 2.45) is 0 Å². The number of nitrogens with one attached hydrogen (secondary N) is 1. The molecule has 1 saturated heterocycles. The van der Waals surface area contributed by atoms with Gasteiger partial charge < -0.3 is 14.8 Å². The molecule has 1 N–H and O–H groups in total. The van der Waals surface area contributed by atoms with Gasteiger partial charge in [0.15, 0.2) is 18.1 Å². The predicted octanol–water partition coefficient (Wildman–Crippen LogP) is 6.46. The minimum Gasteiger partial charge on any atom is -0.490 e. The normalized spacial score (nSPS) is 14.3. The Morgan fingerprint density at radius 3 is 2.45 bits per heavy atom. The topological polar surface area (TPSA) is 84.9 Å². The van der Waals surface area contributed by atoms with Crippen molar-refractivity contribution in [2.75, 3.05) is 18.5 Å². The third kappa shape index (κ3) is 6.63. The average molecular weight is 531 g/mol. The highest BCUT2D eigenvalue weighted by Gasteiger charge is 2.35. The van der Waals surface area contributed by atoms with Gasteiger partial charge in [-0.05, 0) is 65.6 Å². The van der Waals surface area contributed by atoms with E-state index in [0.29, 0.717) is 28.6 Å². The fourth-order valence-corrected chi connectivity index (χ4v) is 4.84. The van der Waals surface area contributed by atoms with E-state index in [2.05, 4.69) is 19.2 Å². The smallest absolute Gasteiger partial charge is 0.293 e. The molecule has 0 saturated carbocycles. The summed E-state index contributed by atoms with van der Waals surface area (Å²) < 4.78 is 11.5. The van der Waals surface area contributed by atoms with Crippen molar-refractivity contribution >= 4 is 40.6 Å². The third-order valence-corrected chi connectivity index (χ3v) is 6.75. The van der Waals surface area contributed by atoms with E-state index in [1.807, 2.05) is 61.5 Å². The van der Waals surface area contributed by atoms with Crippen LogP contribution in [0, 0.1) is 0 Å². The summed E-state index contributed by atoms with van der Waals surface area (Å²) in [5.74, 6) is 0.509. The van der Waals surface area contributed by atoms with Crippen molar-refractivity contribution in [3.05, 3.63) is 94.4 Å². The number of hydrogen-bond donors (Lipinski definition) is 1. The summed E-state index contributed by atoms with van der Waals surface area (Å²) in [6, 6.07) is 22.3. The highest BCUT2D eigenvalue weighted by Crippen LogP contribution is 2.35. The first-order chi connectivity index (χ1) is 18.4. The van der Waals surface area contributed by atoms with Gasteiger partial charge in [0.05, 0.1) is 18.1 Å². The number of imide groups is 1. The maximum Gasteiger partial charge on any atom is 0.293 e. The van der Waals surface area contributed by atoms with Gasteiger partial charge in [-0.15, -0.1) is 0 Å². The van der Waals surface area contributed by atoms with Crippen molar-refractivity contribution < 1.29 is 23.9 Å². The number of nitrogens with zero attached hydrogens (tertiary/aromatic N) is 1. The van der Waals surface area contributed by atoms with E-state index in [0.717, 1.165) is 28.6 Å². The Morgan fingerprint density at radius 2 is 1.71 bits per heavy atom. The first-order valence-corrected chi connectivity index (χ1v) is 13.2. The maximum atomic E-state index is 12.9. The van der Waals surface area contributed by atoms with Gasteiger partial charge in [-0.25, -0.2) is 0 Å². The molecule has 1 fully saturated rings. The van der Waals surface area contributed by atoms with Crippen molar-refractivity contribution in [3.8, 4) is 11.5 Å². The van der Waals surface area contributed by atoms with Gasteiger partial charge in [0.25, 0.3) is 17.1 Å². The van der Waals surface area contributed by atoms with Gasteiger partial charge in [-0.2, -0.15) is 0 Å². The van der Waals surface area contributed by atoms with Crippen LogP contribution in [0.4, 0.5) is 10.5 Å². The van der Waals surface area contributed by atoms with E-state index in [-0.39, 0.29) is 36.1 Å². The number of amides is 3. The number of hydrogen-bond acceptors (Lipinski definition) is 6. The zero-order chi connectivity index (χ0) is 27.1. The Labute approximate surface area is 226 Å². The number of ether oxygens (including phenoxy) is 2. The van der Waals surface area contributed by atoms with E-state index >= 15 is 0 Å². The van der Waals surface area contributed by atoms with Crippen LogP contribution in [-0.4, -0.2) is 35.2 Å². The monoisotopic (exact) mass is 530 g/mol. The Morgan fingerprint density at radius 1 is 0.974 bits per heavy atom. The largest absolute Gasteiger partial charge is 0.490 e. The molecule has 7 nitrogen and oxygen atoms in total. The molecule has 3 amide bonds. The van der Waals surface area contributed by atoms with Crippen LogP contribution in [0.2, 0.25) is 0 Å². The molecule has 0 bridgehead atoms. The molecule has 0 aliphatic carbocycles. The summed E-state index contributed by atoms with van der Waals surface area (Å²) in [7, 11) is 0. The summed E-state index contributed by atoms with van der Waals surface area (Å²) in [4.78, 5) is 39.6. The number of carbonyl (C=O) groups excluding carboxylic acids is 3. The Balaban J connectivity index is 1.44. The molecule has 1 heterocycles. The first kappa shape index (κ1) is 27.0. The van der Waals surface area contributed by atoms with E-state index in [4.69, 9.17) is 9.47 Å². The molecule has 1 aliphatic rings. The lowest BCUT2D eigenvalue weighted by atomic mass is 10.0. The molecule has 196 valence electrons. The molecule has 38 heavy (non-hydrogen) atoms. The van der Waals surface area contributed by atoms with Gasteiger partial charge in [0.2, 0.25) is 0 Å². The molecule has 0 atom stereocenters. The second kappa shape index (κ2) is 12.5. The van der Waals surface area contributed by atoms with Gasteiger partial charge in [0, 0.05) is 5.69 Å². The fourth-order valence-electron chi connectivity index (χ4n) is 4.00.